The topological polar surface area (TPSA) is 81.4 Å². The molecule has 1 saturated carbocycles. The smallest absolute Gasteiger partial charge is 0.244 e. The molecule has 118 valence electrons. The van der Waals surface area contributed by atoms with E-state index in [4.69, 9.17) is 10.5 Å². The van der Waals surface area contributed by atoms with Gasteiger partial charge in [-0.05, 0) is 31.4 Å². The fraction of sp³-hybridized carbons (Fsp3) is 0.600. The number of ether oxygens (including phenoxy) is 1. The van der Waals surface area contributed by atoms with Crippen molar-refractivity contribution in [3.63, 3.8) is 0 Å². The minimum Gasteiger partial charge on any atom is -0.487 e. The zero-order valence-electron chi connectivity index (χ0n) is 12.4. The second-order valence-electron chi connectivity index (χ2n) is 5.41. The molecule has 0 aromatic heterocycles. The second kappa shape index (κ2) is 7.24. The molecule has 5 nitrogen and oxygen atoms in total. The van der Waals surface area contributed by atoms with Gasteiger partial charge in [-0.1, -0.05) is 31.9 Å². The van der Waals surface area contributed by atoms with Crippen LogP contribution < -0.4 is 15.2 Å². The van der Waals surface area contributed by atoms with Crippen LogP contribution in [-0.2, 0) is 10.0 Å². The van der Waals surface area contributed by atoms with E-state index in [0.717, 1.165) is 32.1 Å². The van der Waals surface area contributed by atoms with E-state index in [1.165, 1.54) is 0 Å². The van der Waals surface area contributed by atoms with Gasteiger partial charge >= 0.3 is 0 Å². The molecule has 0 heterocycles. The van der Waals surface area contributed by atoms with Crippen molar-refractivity contribution < 1.29 is 13.2 Å². The summed E-state index contributed by atoms with van der Waals surface area (Å²) in [5.74, 6) is 0.390. The Kier molecular flexibility index (Phi) is 5.61. The zero-order chi connectivity index (χ0) is 15.3. The van der Waals surface area contributed by atoms with Crippen LogP contribution in [0.3, 0.4) is 0 Å². The normalized spacial score (nSPS) is 23.5. The fourth-order valence-electron chi connectivity index (χ4n) is 2.65. The van der Waals surface area contributed by atoms with Crippen molar-refractivity contribution >= 4 is 10.0 Å². The predicted molar refractivity (Wildman–Crippen MR) is 82.8 cm³/mol. The molecule has 2 unspecified atom stereocenters. The minimum atomic E-state index is -3.53. The molecule has 3 N–H and O–H groups in total. The number of para-hydroxylation sites is 1. The van der Waals surface area contributed by atoms with Crippen LogP contribution in [0.15, 0.2) is 29.2 Å². The number of benzene rings is 1. The van der Waals surface area contributed by atoms with Crippen LogP contribution in [0.5, 0.6) is 5.75 Å². The fourth-order valence-corrected chi connectivity index (χ4v) is 3.82. The third-order valence-corrected chi connectivity index (χ3v) is 5.34. The molecule has 0 aliphatic heterocycles. The lowest BCUT2D eigenvalue weighted by Crippen LogP contribution is -2.38. The van der Waals surface area contributed by atoms with E-state index in [9.17, 15) is 8.42 Å². The van der Waals surface area contributed by atoms with E-state index in [2.05, 4.69) is 4.72 Å². The van der Waals surface area contributed by atoms with Crippen LogP contribution in [0.25, 0.3) is 0 Å². The molecule has 0 bridgehead atoms. The molecule has 21 heavy (non-hydrogen) atoms. The summed E-state index contributed by atoms with van der Waals surface area (Å²) < 4.78 is 32.9. The first-order valence-electron chi connectivity index (χ1n) is 7.55. The number of hydrogen-bond acceptors (Lipinski definition) is 4. The predicted octanol–water partition coefficient (Wildman–Crippen LogP) is 2.02. The zero-order valence-corrected chi connectivity index (χ0v) is 13.2. The van der Waals surface area contributed by atoms with Crippen molar-refractivity contribution in [2.75, 3.05) is 6.54 Å². The Bertz CT molecular complexity index is 560. The molecule has 0 amide bonds. The highest BCUT2D eigenvalue weighted by molar-refractivity contribution is 7.89. The van der Waals surface area contributed by atoms with Crippen molar-refractivity contribution in [3.8, 4) is 5.75 Å². The molecule has 1 aromatic carbocycles. The molecule has 1 aliphatic rings. The van der Waals surface area contributed by atoms with Gasteiger partial charge in [0.2, 0.25) is 10.0 Å². The summed E-state index contributed by atoms with van der Waals surface area (Å²) in [5, 5.41) is 0. The Labute approximate surface area is 126 Å². The second-order valence-corrected chi connectivity index (χ2v) is 7.14. The van der Waals surface area contributed by atoms with E-state index < -0.39 is 10.0 Å². The summed E-state index contributed by atoms with van der Waals surface area (Å²) >= 11 is 0. The molecule has 2 rings (SSSR count). The maximum atomic E-state index is 12.2. The van der Waals surface area contributed by atoms with Crippen molar-refractivity contribution in [1.82, 2.24) is 4.72 Å². The van der Waals surface area contributed by atoms with Gasteiger partial charge in [0, 0.05) is 12.6 Å². The van der Waals surface area contributed by atoms with Crippen LogP contribution in [-0.4, -0.2) is 27.1 Å². The Hall–Kier alpha value is -1.11. The van der Waals surface area contributed by atoms with Gasteiger partial charge in [-0.15, -0.1) is 0 Å². The van der Waals surface area contributed by atoms with E-state index in [1.54, 1.807) is 31.2 Å². The monoisotopic (exact) mass is 312 g/mol. The van der Waals surface area contributed by atoms with Crippen LogP contribution in [0.4, 0.5) is 0 Å². The summed E-state index contributed by atoms with van der Waals surface area (Å²) in [5.41, 5.74) is 6.15. The number of sulfonamides is 1. The lowest BCUT2D eigenvalue weighted by Gasteiger charge is -2.24. The summed E-state index contributed by atoms with van der Waals surface area (Å²) in [6.45, 7) is 2.10. The van der Waals surface area contributed by atoms with Crippen LogP contribution >= 0.6 is 0 Å². The van der Waals surface area contributed by atoms with Crippen LogP contribution in [0, 0.1) is 0 Å². The summed E-state index contributed by atoms with van der Waals surface area (Å²) in [4.78, 5) is 0.184. The molecule has 2 atom stereocenters. The average molecular weight is 312 g/mol. The minimum absolute atomic E-state index is 0.0394. The van der Waals surface area contributed by atoms with Gasteiger partial charge in [-0.2, -0.15) is 0 Å². The highest BCUT2D eigenvalue weighted by Gasteiger charge is 2.25. The first-order chi connectivity index (χ1) is 10.0. The number of hydrogen-bond donors (Lipinski definition) is 2. The maximum Gasteiger partial charge on any atom is 0.244 e. The standard InChI is InChI=1S/C15H24N2O3S/c1-2-17-21(18,19)15-11-7-6-10-14(15)20-13-9-5-3-4-8-12(13)16/h6-7,10-13,17H,2-5,8-9,16H2,1H3. The van der Waals surface area contributed by atoms with E-state index >= 15 is 0 Å². The molecular weight excluding hydrogens is 288 g/mol. The quantitative estimate of drug-likeness (QED) is 0.815. The van der Waals surface area contributed by atoms with E-state index in [1.807, 2.05) is 0 Å². The Morgan fingerprint density at radius 2 is 1.95 bits per heavy atom. The third kappa shape index (κ3) is 4.18. The van der Waals surface area contributed by atoms with Crippen molar-refractivity contribution in [1.29, 1.82) is 0 Å². The number of nitrogens with two attached hydrogens (primary N) is 1. The van der Waals surface area contributed by atoms with Gasteiger partial charge < -0.3 is 10.5 Å². The molecule has 1 aliphatic carbocycles. The van der Waals surface area contributed by atoms with Gasteiger partial charge in [0.05, 0.1) is 0 Å². The SMILES string of the molecule is CCNS(=O)(=O)c1ccccc1OC1CCCCCC1N. The maximum absolute atomic E-state index is 12.2. The largest absolute Gasteiger partial charge is 0.487 e. The number of rotatable bonds is 5. The van der Waals surface area contributed by atoms with Gasteiger partial charge in [0.1, 0.15) is 16.7 Å². The summed E-state index contributed by atoms with van der Waals surface area (Å²) in [6, 6.07) is 6.70. The first-order valence-corrected chi connectivity index (χ1v) is 9.04. The van der Waals surface area contributed by atoms with Crippen molar-refractivity contribution in [2.24, 2.45) is 5.73 Å². The Balaban J connectivity index is 2.24. The van der Waals surface area contributed by atoms with E-state index in [-0.39, 0.29) is 17.0 Å². The molecule has 0 saturated heterocycles. The van der Waals surface area contributed by atoms with Gasteiger partial charge in [-0.25, -0.2) is 13.1 Å². The number of nitrogens with one attached hydrogen (secondary N) is 1. The molecule has 0 radical (unpaired) electrons. The van der Waals surface area contributed by atoms with Crippen LogP contribution in [0.2, 0.25) is 0 Å². The lowest BCUT2D eigenvalue weighted by atomic mass is 10.1. The Morgan fingerprint density at radius 3 is 2.71 bits per heavy atom. The van der Waals surface area contributed by atoms with Crippen molar-refractivity contribution in [2.45, 2.75) is 56.1 Å². The van der Waals surface area contributed by atoms with Crippen molar-refractivity contribution in [3.05, 3.63) is 24.3 Å². The van der Waals surface area contributed by atoms with Gasteiger partial charge in [-0.3, -0.25) is 0 Å². The first kappa shape index (κ1) is 16.3. The Morgan fingerprint density at radius 1 is 1.24 bits per heavy atom. The summed E-state index contributed by atoms with van der Waals surface area (Å²) in [7, 11) is -3.53. The van der Waals surface area contributed by atoms with Crippen LogP contribution in [0.1, 0.15) is 39.0 Å². The highest BCUT2D eigenvalue weighted by Crippen LogP contribution is 2.27. The summed E-state index contributed by atoms with van der Waals surface area (Å²) in [6.07, 6.45) is 5.01. The molecule has 1 fully saturated rings. The van der Waals surface area contributed by atoms with Gasteiger partial charge in [0.15, 0.2) is 0 Å². The lowest BCUT2D eigenvalue weighted by molar-refractivity contribution is 0.158. The molecule has 0 spiro atoms. The highest BCUT2D eigenvalue weighted by atomic mass is 32.2. The molecule has 6 heteroatoms. The molecule has 1 aromatic rings. The average Bonchev–Trinajstić information content (AvgIpc) is 2.65. The molecular formula is C15H24N2O3S. The third-order valence-electron chi connectivity index (χ3n) is 3.76. The van der Waals surface area contributed by atoms with Gasteiger partial charge in [0.25, 0.3) is 0 Å². The van der Waals surface area contributed by atoms with E-state index in [0.29, 0.717) is 12.3 Å².